The van der Waals surface area contributed by atoms with Gasteiger partial charge in [-0.3, -0.25) is 4.79 Å². The smallest absolute Gasteiger partial charge is 0.252 e. The topological polar surface area (TPSA) is 84.9 Å². The zero-order valence-corrected chi connectivity index (χ0v) is 17.7. The lowest BCUT2D eigenvalue weighted by atomic mass is 9.98. The maximum absolute atomic E-state index is 12.9. The molecule has 152 valence electrons. The molecule has 0 saturated carbocycles. The minimum absolute atomic E-state index is 0.164. The summed E-state index contributed by atoms with van der Waals surface area (Å²) in [6, 6.07) is 8.56. The van der Waals surface area contributed by atoms with Crippen LogP contribution in [0.15, 0.2) is 34.5 Å². The van der Waals surface area contributed by atoms with Gasteiger partial charge in [-0.05, 0) is 44.0 Å². The number of sulfonamides is 1. The van der Waals surface area contributed by atoms with Gasteiger partial charge in [-0.2, -0.15) is 4.31 Å². The van der Waals surface area contributed by atoms with E-state index in [1.54, 1.807) is 37.4 Å². The lowest BCUT2D eigenvalue weighted by Crippen LogP contribution is -2.43. The van der Waals surface area contributed by atoms with Crippen molar-refractivity contribution in [3.8, 4) is 11.5 Å². The number of rotatable bonds is 6. The molecule has 1 fully saturated rings. The first-order valence-electron chi connectivity index (χ1n) is 8.94. The predicted octanol–water partition coefficient (Wildman–Crippen LogP) is 3.11. The first-order valence-corrected chi connectivity index (χ1v) is 11.2. The third-order valence-electron chi connectivity index (χ3n) is 4.73. The van der Waals surface area contributed by atoms with Crippen molar-refractivity contribution in [1.82, 2.24) is 4.31 Å². The fourth-order valence-corrected chi connectivity index (χ4v) is 6.16. The molecular weight excluding hydrogens is 400 g/mol. The molecule has 1 aromatic heterocycles. The molecule has 2 heterocycles. The lowest BCUT2D eigenvalue weighted by Gasteiger charge is -2.31. The number of nitrogens with one attached hydrogen (secondary N) is 1. The zero-order chi connectivity index (χ0) is 20.3. The van der Waals surface area contributed by atoms with Crippen molar-refractivity contribution in [3.05, 3.63) is 35.2 Å². The standard InChI is InChI=1S/C19H24N2O5S2/c1-13-6-9-18(27-13)28(23,24)21-10-4-5-14(12-21)19(22)20-16-11-15(25-2)7-8-17(16)26-3/h6-9,11,14H,4-5,10,12H2,1-3H3,(H,20,22)/t14-/m1/s1. The number of hydrogen-bond donors (Lipinski definition) is 1. The fourth-order valence-electron chi connectivity index (χ4n) is 3.20. The van der Waals surface area contributed by atoms with E-state index in [1.807, 2.05) is 6.92 Å². The number of aryl methyl sites for hydroxylation is 1. The van der Waals surface area contributed by atoms with Crippen LogP contribution in [0.1, 0.15) is 17.7 Å². The summed E-state index contributed by atoms with van der Waals surface area (Å²) in [5, 5.41) is 2.86. The van der Waals surface area contributed by atoms with Gasteiger partial charge in [-0.15, -0.1) is 11.3 Å². The van der Waals surface area contributed by atoms with E-state index in [0.29, 0.717) is 40.8 Å². The van der Waals surface area contributed by atoms with E-state index in [2.05, 4.69) is 5.32 Å². The summed E-state index contributed by atoms with van der Waals surface area (Å²) in [4.78, 5) is 13.8. The van der Waals surface area contributed by atoms with Gasteiger partial charge in [0.2, 0.25) is 5.91 Å². The number of carbonyl (C=O) groups is 1. The van der Waals surface area contributed by atoms with Gasteiger partial charge < -0.3 is 14.8 Å². The highest BCUT2D eigenvalue weighted by molar-refractivity contribution is 7.91. The summed E-state index contributed by atoms with van der Waals surface area (Å²) in [5.74, 6) is 0.454. The molecule has 1 saturated heterocycles. The van der Waals surface area contributed by atoms with Crippen LogP contribution in [0.5, 0.6) is 11.5 Å². The molecule has 1 aliphatic heterocycles. The number of methoxy groups -OCH3 is 2. The summed E-state index contributed by atoms with van der Waals surface area (Å²) in [5.41, 5.74) is 0.501. The molecule has 9 heteroatoms. The molecule has 2 aromatic rings. The van der Waals surface area contributed by atoms with Crippen molar-refractivity contribution < 1.29 is 22.7 Å². The third kappa shape index (κ3) is 4.31. The van der Waals surface area contributed by atoms with Crippen LogP contribution >= 0.6 is 11.3 Å². The van der Waals surface area contributed by atoms with E-state index in [-0.39, 0.29) is 12.5 Å². The zero-order valence-electron chi connectivity index (χ0n) is 16.1. The van der Waals surface area contributed by atoms with Gasteiger partial charge in [0.05, 0.1) is 25.8 Å². The summed E-state index contributed by atoms with van der Waals surface area (Å²) in [6.07, 6.45) is 1.27. The summed E-state index contributed by atoms with van der Waals surface area (Å²) in [7, 11) is -0.508. The summed E-state index contributed by atoms with van der Waals surface area (Å²) >= 11 is 1.25. The summed E-state index contributed by atoms with van der Waals surface area (Å²) in [6.45, 7) is 2.46. The number of amides is 1. The van der Waals surface area contributed by atoms with E-state index < -0.39 is 15.9 Å². The molecule has 0 spiro atoms. The van der Waals surface area contributed by atoms with Crippen molar-refractivity contribution >= 4 is 33.0 Å². The Morgan fingerprint density at radius 3 is 2.64 bits per heavy atom. The van der Waals surface area contributed by atoms with Gasteiger partial charge in [0.15, 0.2) is 0 Å². The summed E-state index contributed by atoms with van der Waals surface area (Å²) < 4.78 is 38.0. The van der Waals surface area contributed by atoms with Gasteiger partial charge >= 0.3 is 0 Å². The van der Waals surface area contributed by atoms with Gasteiger partial charge in [-0.25, -0.2) is 8.42 Å². The largest absolute Gasteiger partial charge is 0.497 e. The molecule has 1 amide bonds. The fraction of sp³-hybridized carbons (Fsp3) is 0.421. The molecule has 1 aromatic carbocycles. The van der Waals surface area contributed by atoms with Crippen LogP contribution in [0.3, 0.4) is 0 Å². The number of anilines is 1. The van der Waals surface area contributed by atoms with Crippen molar-refractivity contribution in [1.29, 1.82) is 0 Å². The molecule has 0 radical (unpaired) electrons. The second-order valence-corrected chi connectivity index (χ2v) is 10.1. The average molecular weight is 425 g/mol. The van der Waals surface area contributed by atoms with Crippen molar-refractivity contribution in [3.63, 3.8) is 0 Å². The Morgan fingerprint density at radius 1 is 1.21 bits per heavy atom. The number of benzene rings is 1. The highest BCUT2D eigenvalue weighted by Gasteiger charge is 2.34. The van der Waals surface area contributed by atoms with Crippen molar-refractivity contribution in [2.45, 2.75) is 24.0 Å². The molecule has 0 bridgehead atoms. The van der Waals surface area contributed by atoms with Gasteiger partial charge in [0.1, 0.15) is 15.7 Å². The number of ether oxygens (including phenoxy) is 2. The Morgan fingerprint density at radius 2 is 2.00 bits per heavy atom. The second kappa shape index (κ2) is 8.50. The van der Waals surface area contributed by atoms with E-state index in [4.69, 9.17) is 9.47 Å². The number of piperidine rings is 1. The average Bonchev–Trinajstić information content (AvgIpc) is 3.15. The Hall–Kier alpha value is -2.10. The van der Waals surface area contributed by atoms with Gasteiger partial charge in [0.25, 0.3) is 10.0 Å². The molecule has 1 atom stereocenters. The first kappa shape index (κ1) is 20.6. The van der Waals surface area contributed by atoms with Crippen LogP contribution in [0.2, 0.25) is 0 Å². The molecule has 0 aliphatic carbocycles. The second-order valence-electron chi connectivity index (χ2n) is 6.62. The Balaban J connectivity index is 1.75. The van der Waals surface area contributed by atoms with E-state index in [0.717, 1.165) is 4.88 Å². The minimum Gasteiger partial charge on any atom is -0.497 e. The lowest BCUT2D eigenvalue weighted by molar-refractivity contribution is -0.120. The quantitative estimate of drug-likeness (QED) is 0.770. The van der Waals surface area contributed by atoms with E-state index in [9.17, 15) is 13.2 Å². The minimum atomic E-state index is -3.58. The van der Waals surface area contributed by atoms with Crippen molar-refractivity contribution in [2.75, 3.05) is 32.6 Å². The number of nitrogens with zero attached hydrogens (tertiary/aromatic N) is 1. The Bertz CT molecular complexity index is 955. The maximum Gasteiger partial charge on any atom is 0.252 e. The number of hydrogen-bond acceptors (Lipinski definition) is 6. The SMILES string of the molecule is COc1ccc(OC)c(NC(=O)[C@@H]2CCCN(S(=O)(=O)c3ccc(C)s3)C2)c1. The highest BCUT2D eigenvalue weighted by atomic mass is 32.2. The van der Waals surface area contributed by atoms with E-state index >= 15 is 0 Å². The van der Waals surface area contributed by atoms with Gasteiger partial charge in [0, 0.05) is 24.0 Å². The van der Waals surface area contributed by atoms with Gasteiger partial charge in [-0.1, -0.05) is 0 Å². The monoisotopic (exact) mass is 424 g/mol. The highest BCUT2D eigenvalue weighted by Crippen LogP contribution is 2.31. The van der Waals surface area contributed by atoms with Crippen molar-refractivity contribution in [2.24, 2.45) is 5.92 Å². The molecule has 7 nitrogen and oxygen atoms in total. The normalized spacial score (nSPS) is 17.9. The van der Waals surface area contributed by atoms with Crippen LogP contribution in [0.25, 0.3) is 0 Å². The van der Waals surface area contributed by atoms with E-state index in [1.165, 1.54) is 22.8 Å². The third-order valence-corrected chi connectivity index (χ3v) is 8.06. The Labute approximate surface area is 169 Å². The molecule has 28 heavy (non-hydrogen) atoms. The molecular formula is C19H24N2O5S2. The Kier molecular flexibility index (Phi) is 6.26. The van der Waals surface area contributed by atoms with Crippen LogP contribution in [-0.2, 0) is 14.8 Å². The molecule has 1 N–H and O–H groups in total. The van der Waals surface area contributed by atoms with Crippen LogP contribution in [-0.4, -0.2) is 45.9 Å². The van der Waals surface area contributed by atoms with Crippen LogP contribution < -0.4 is 14.8 Å². The molecule has 0 unspecified atom stereocenters. The van der Waals surface area contributed by atoms with Crippen LogP contribution in [0.4, 0.5) is 5.69 Å². The number of carbonyl (C=O) groups excluding carboxylic acids is 1. The molecule has 1 aliphatic rings. The van der Waals surface area contributed by atoms with Crippen LogP contribution in [0, 0.1) is 12.8 Å². The molecule has 3 rings (SSSR count). The predicted molar refractivity (Wildman–Crippen MR) is 109 cm³/mol. The maximum atomic E-state index is 12.9. The number of thiophene rings is 1. The first-order chi connectivity index (χ1) is 13.3.